The summed E-state index contributed by atoms with van der Waals surface area (Å²) >= 11 is 10.4. The minimum atomic E-state index is 0.210. The summed E-state index contributed by atoms with van der Waals surface area (Å²) in [6.07, 6.45) is 1.45. The number of halogens is 1. The van der Waals surface area contributed by atoms with Gasteiger partial charge in [0.05, 0.1) is 11.8 Å². The van der Waals surface area contributed by atoms with Crippen molar-refractivity contribution in [3.8, 4) is 11.5 Å². The molecule has 4 nitrogen and oxygen atoms in total. The molecule has 1 N–H and O–H groups in total. The Kier molecular flexibility index (Phi) is 1.74. The molecule has 2 heterocycles. The third-order valence-electron chi connectivity index (χ3n) is 1.29. The van der Waals surface area contributed by atoms with Gasteiger partial charge in [0.25, 0.3) is 10.7 Å². The van der Waals surface area contributed by atoms with E-state index in [1.807, 2.05) is 0 Å². The van der Waals surface area contributed by atoms with Gasteiger partial charge in [0, 0.05) is 0 Å². The lowest BCUT2D eigenvalue weighted by molar-refractivity contribution is 0.545. The summed E-state index contributed by atoms with van der Waals surface area (Å²) in [5, 5.41) is 6.50. The highest BCUT2D eigenvalue weighted by Gasteiger charge is 2.10. The number of aromatic amines is 1. The fourth-order valence-electron chi connectivity index (χ4n) is 0.791. The molecule has 2 rings (SSSR count). The molecule has 0 aliphatic rings. The number of rotatable bonds is 1. The average molecular weight is 203 g/mol. The van der Waals surface area contributed by atoms with E-state index >= 15 is 0 Å². The van der Waals surface area contributed by atoms with Crippen LogP contribution in [0.25, 0.3) is 11.5 Å². The standard InChI is InChI=1S/C6H3ClN2O2S/c7-4-3(1-2-10-4)5-8-9-6(12)11-5/h1-2H,(H,9,12). The number of furan rings is 1. The van der Waals surface area contributed by atoms with Crippen LogP contribution in [0.15, 0.2) is 21.2 Å². The first kappa shape index (κ1) is 7.57. The summed E-state index contributed by atoms with van der Waals surface area (Å²) in [4.78, 5) is 0.210. The highest BCUT2D eigenvalue weighted by Crippen LogP contribution is 2.26. The predicted molar refractivity (Wildman–Crippen MR) is 44.4 cm³/mol. The summed E-state index contributed by atoms with van der Waals surface area (Å²) in [6.45, 7) is 0. The molecule has 0 spiro atoms. The zero-order valence-corrected chi connectivity index (χ0v) is 7.28. The molecule has 0 saturated heterocycles. The van der Waals surface area contributed by atoms with E-state index in [9.17, 15) is 0 Å². The number of hydrogen-bond donors (Lipinski definition) is 1. The highest BCUT2D eigenvalue weighted by atomic mass is 35.5. The second-order valence-corrected chi connectivity index (χ2v) is 2.74. The van der Waals surface area contributed by atoms with Crippen LogP contribution >= 0.6 is 23.8 Å². The molecule has 62 valence electrons. The van der Waals surface area contributed by atoms with E-state index in [4.69, 9.17) is 32.7 Å². The molecular formula is C6H3ClN2O2S. The Morgan fingerprint density at radius 2 is 2.42 bits per heavy atom. The van der Waals surface area contributed by atoms with Crippen LogP contribution in [-0.4, -0.2) is 10.2 Å². The van der Waals surface area contributed by atoms with Crippen LogP contribution in [0.3, 0.4) is 0 Å². The SMILES string of the molecule is S=c1[nH]nc(-c2ccoc2Cl)o1. The van der Waals surface area contributed by atoms with Crippen LogP contribution in [0.1, 0.15) is 0 Å². The minimum Gasteiger partial charge on any atom is -0.452 e. The predicted octanol–water partition coefficient (Wildman–Crippen LogP) is 2.65. The largest absolute Gasteiger partial charge is 0.452 e. The second-order valence-electron chi connectivity index (χ2n) is 2.03. The molecule has 6 heteroatoms. The van der Waals surface area contributed by atoms with E-state index < -0.39 is 0 Å². The Balaban J connectivity index is 2.57. The van der Waals surface area contributed by atoms with Crippen LogP contribution in [0, 0.1) is 4.84 Å². The number of nitrogens with one attached hydrogen (secondary N) is 1. The normalized spacial score (nSPS) is 10.4. The van der Waals surface area contributed by atoms with E-state index in [0.717, 1.165) is 0 Å². The third kappa shape index (κ3) is 1.17. The van der Waals surface area contributed by atoms with Gasteiger partial charge in [-0.05, 0) is 29.9 Å². The second kappa shape index (κ2) is 2.76. The Bertz CT molecular complexity index is 444. The van der Waals surface area contributed by atoms with E-state index in [1.54, 1.807) is 6.07 Å². The lowest BCUT2D eigenvalue weighted by Crippen LogP contribution is -1.73. The summed E-state index contributed by atoms with van der Waals surface area (Å²) in [5.74, 6) is 0.332. The molecule has 0 unspecified atom stereocenters. The van der Waals surface area contributed by atoms with Gasteiger partial charge in [-0.25, -0.2) is 5.10 Å². The molecule has 0 aliphatic heterocycles. The molecule has 0 atom stereocenters. The van der Waals surface area contributed by atoms with E-state index in [1.165, 1.54) is 6.26 Å². The van der Waals surface area contributed by atoms with Gasteiger partial charge in [-0.3, -0.25) is 0 Å². The van der Waals surface area contributed by atoms with Crippen molar-refractivity contribution in [2.45, 2.75) is 0 Å². The lowest BCUT2D eigenvalue weighted by atomic mass is 10.3. The van der Waals surface area contributed by atoms with Crippen LogP contribution in [-0.2, 0) is 0 Å². The maximum atomic E-state index is 5.67. The molecule has 0 aromatic carbocycles. The number of aromatic nitrogens is 2. The van der Waals surface area contributed by atoms with Gasteiger partial charge in [0.2, 0.25) is 5.22 Å². The molecule has 0 radical (unpaired) electrons. The Morgan fingerprint density at radius 1 is 1.58 bits per heavy atom. The summed E-state index contributed by atoms with van der Waals surface area (Å²) in [7, 11) is 0. The van der Waals surface area contributed by atoms with Gasteiger partial charge in [0.1, 0.15) is 0 Å². The van der Waals surface area contributed by atoms with Gasteiger partial charge in [-0.2, -0.15) is 0 Å². The first-order valence-corrected chi connectivity index (χ1v) is 3.85. The minimum absolute atomic E-state index is 0.210. The van der Waals surface area contributed by atoms with Crippen LogP contribution in [0.2, 0.25) is 5.22 Å². The van der Waals surface area contributed by atoms with E-state index in [2.05, 4.69) is 10.2 Å². The topological polar surface area (TPSA) is 55.0 Å². The van der Waals surface area contributed by atoms with Crippen molar-refractivity contribution in [3.63, 3.8) is 0 Å². The van der Waals surface area contributed by atoms with Gasteiger partial charge < -0.3 is 8.83 Å². The van der Waals surface area contributed by atoms with Crippen molar-refractivity contribution in [1.82, 2.24) is 10.2 Å². The third-order valence-corrected chi connectivity index (χ3v) is 1.75. The van der Waals surface area contributed by atoms with Crippen LogP contribution in [0.4, 0.5) is 0 Å². The van der Waals surface area contributed by atoms with Gasteiger partial charge in [-0.1, -0.05) is 0 Å². The summed E-state index contributed by atoms with van der Waals surface area (Å²) in [6, 6.07) is 1.65. The van der Waals surface area contributed by atoms with E-state index in [0.29, 0.717) is 11.5 Å². The maximum absolute atomic E-state index is 5.67. The maximum Gasteiger partial charge on any atom is 0.284 e. The number of H-pyrrole nitrogens is 1. The fourth-order valence-corrected chi connectivity index (χ4v) is 1.11. The molecule has 0 fully saturated rings. The van der Waals surface area contributed by atoms with Crippen molar-refractivity contribution < 1.29 is 8.83 Å². The van der Waals surface area contributed by atoms with Crippen molar-refractivity contribution in [2.75, 3.05) is 0 Å². The zero-order valence-electron chi connectivity index (χ0n) is 5.70. The first-order chi connectivity index (χ1) is 5.77. The van der Waals surface area contributed by atoms with Crippen molar-refractivity contribution in [2.24, 2.45) is 0 Å². The van der Waals surface area contributed by atoms with Crippen molar-refractivity contribution in [1.29, 1.82) is 0 Å². The summed E-state index contributed by atoms with van der Waals surface area (Å²) < 4.78 is 9.86. The Morgan fingerprint density at radius 3 is 2.92 bits per heavy atom. The first-order valence-electron chi connectivity index (χ1n) is 3.06. The average Bonchev–Trinajstić information content (AvgIpc) is 2.58. The van der Waals surface area contributed by atoms with E-state index in [-0.39, 0.29) is 10.1 Å². The molecular weight excluding hydrogens is 200 g/mol. The molecule has 0 aliphatic carbocycles. The zero-order chi connectivity index (χ0) is 8.55. The smallest absolute Gasteiger partial charge is 0.284 e. The van der Waals surface area contributed by atoms with Crippen LogP contribution in [0.5, 0.6) is 0 Å². The number of nitrogens with zero attached hydrogens (tertiary/aromatic N) is 1. The molecule has 12 heavy (non-hydrogen) atoms. The Labute approximate surface area is 77.1 Å². The van der Waals surface area contributed by atoms with Gasteiger partial charge >= 0.3 is 0 Å². The fraction of sp³-hybridized carbons (Fsp3) is 0. The van der Waals surface area contributed by atoms with Gasteiger partial charge in [-0.15, -0.1) is 5.10 Å². The lowest BCUT2D eigenvalue weighted by Gasteiger charge is -1.85. The van der Waals surface area contributed by atoms with Crippen molar-refractivity contribution >= 4 is 23.8 Å². The summed E-state index contributed by atoms with van der Waals surface area (Å²) in [5.41, 5.74) is 0.587. The quantitative estimate of drug-likeness (QED) is 0.723. The van der Waals surface area contributed by atoms with Crippen molar-refractivity contribution in [3.05, 3.63) is 22.4 Å². The molecule has 0 saturated carbocycles. The Hall–Kier alpha value is -1.07. The molecule has 0 amide bonds. The molecule has 0 bridgehead atoms. The highest BCUT2D eigenvalue weighted by molar-refractivity contribution is 7.71. The monoisotopic (exact) mass is 202 g/mol. The number of hydrogen-bond acceptors (Lipinski definition) is 4. The van der Waals surface area contributed by atoms with Gasteiger partial charge in [0.15, 0.2) is 0 Å². The van der Waals surface area contributed by atoms with Crippen LogP contribution < -0.4 is 0 Å². The molecule has 2 aromatic heterocycles. The molecule has 2 aromatic rings.